The second-order valence-corrected chi connectivity index (χ2v) is 4.11. The Morgan fingerprint density at radius 2 is 2.10 bits per heavy atom. The number of nitrogens with zero attached hydrogens (tertiary/aromatic N) is 2. The number of anilines is 1. The lowest BCUT2D eigenvalue weighted by Crippen LogP contribution is -2.14. The average Bonchev–Trinajstić information content (AvgIpc) is 2.41. The zero-order valence-electron chi connectivity index (χ0n) is 9.84. The zero-order valence-corrected chi connectivity index (χ0v) is 10.6. The highest BCUT2D eigenvalue weighted by atomic mass is 35.5. The molecule has 1 heterocycles. The van der Waals surface area contributed by atoms with Crippen molar-refractivity contribution < 1.29 is 14.1 Å². The molecule has 0 atom stereocenters. The molecule has 2 rings (SSSR count). The van der Waals surface area contributed by atoms with Crippen LogP contribution in [0.3, 0.4) is 0 Å². The number of rotatable bonds is 3. The number of aromatic nitrogens is 1. The third-order valence-electron chi connectivity index (χ3n) is 2.36. The highest BCUT2D eigenvalue weighted by Gasteiger charge is 2.15. The molecule has 0 spiro atoms. The number of hydrogen-bond acceptors (Lipinski definition) is 4. The quantitative estimate of drug-likeness (QED) is 0.536. The number of amides is 1. The third kappa shape index (κ3) is 3.07. The van der Waals surface area contributed by atoms with Gasteiger partial charge >= 0.3 is 0 Å². The molecule has 0 aliphatic carbocycles. The van der Waals surface area contributed by atoms with E-state index in [1.165, 1.54) is 18.2 Å². The summed E-state index contributed by atoms with van der Waals surface area (Å²) in [5.74, 6) is -1.50. The minimum absolute atomic E-state index is 0.0246. The van der Waals surface area contributed by atoms with Crippen molar-refractivity contribution >= 4 is 28.9 Å². The number of halogens is 2. The summed E-state index contributed by atoms with van der Waals surface area (Å²) in [5, 5.41) is 12.9. The first-order chi connectivity index (χ1) is 9.47. The van der Waals surface area contributed by atoms with Crippen LogP contribution in [0.5, 0.6) is 0 Å². The second kappa shape index (κ2) is 5.62. The fraction of sp³-hybridized carbons (Fsp3) is 0. The largest absolute Gasteiger partial charge is 0.318 e. The summed E-state index contributed by atoms with van der Waals surface area (Å²) in [6.45, 7) is 0. The van der Waals surface area contributed by atoms with E-state index in [-0.39, 0.29) is 22.2 Å². The van der Waals surface area contributed by atoms with Crippen LogP contribution in [0, 0.1) is 15.9 Å². The molecule has 0 aliphatic heterocycles. The van der Waals surface area contributed by atoms with Gasteiger partial charge in [0.25, 0.3) is 11.6 Å². The van der Waals surface area contributed by atoms with Gasteiger partial charge < -0.3 is 5.32 Å². The van der Waals surface area contributed by atoms with Crippen LogP contribution in [-0.4, -0.2) is 15.8 Å². The van der Waals surface area contributed by atoms with Crippen LogP contribution >= 0.6 is 11.6 Å². The Hall–Kier alpha value is -2.54. The van der Waals surface area contributed by atoms with Gasteiger partial charge in [-0.2, -0.15) is 0 Å². The molecule has 20 heavy (non-hydrogen) atoms. The minimum atomic E-state index is -0.786. The first kappa shape index (κ1) is 13.9. The van der Waals surface area contributed by atoms with Crippen molar-refractivity contribution in [1.29, 1.82) is 0 Å². The molecule has 1 aromatic heterocycles. The van der Waals surface area contributed by atoms with Gasteiger partial charge in [0.05, 0.1) is 10.6 Å². The van der Waals surface area contributed by atoms with E-state index in [0.717, 1.165) is 18.2 Å². The molecule has 0 saturated heterocycles. The van der Waals surface area contributed by atoms with Gasteiger partial charge in [-0.25, -0.2) is 9.37 Å². The number of nitro benzene ring substituents is 1. The smallest absolute Gasteiger partial charge is 0.274 e. The lowest BCUT2D eigenvalue weighted by Gasteiger charge is -2.06. The van der Waals surface area contributed by atoms with Crippen molar-refractivity contribution in [3.63, 3.8) is 0 Å². The van der Waals surface area contributed by atoms with Crippen molar-refractivity contribution in [2.45, 2.75) is 0 Å². The summed E-state index contributed by atoms with van der Waals surface area (Å²) in [7, 11) is 0. The zero-order chi connectivity index (χ0) is 14.7. The predicted molar refractivity (Wildman–Crippen MR) is 70.3 cm³/mol. The number of nitrogens with one attached hydrogen (secondary N) is 1. The summed E-state index contributed by atoms with van der Waals surface area (Å²) in [6.07, 6.45) is 0. The normalized spacial score (nSPS) is 10.1. The molecule has 0 radical (unpaired) electrons. The fourth-order valence-corrected chi connectivity index (χ4v) is 1.61. The van der Waals surface area contributed by atoms with Gasteiger partial charge in [-0.3, -0.25) is 14.9 Å². The van der Waals surface area contributed by atoms with Gasteiger partial charge in [-0.1, -0.05) is 17.7 Å². The van der Waals surface area contributed by atoms with Gasteiger partial charge in [-0.15, -0.1) is 0 Å². The van der Waals surface area contributed by atoms with Crippen molar-refractivity contribution in [2.75, 3.05) is 5.32 Å². The topological polar surface area (TPSA) is 85.1 Å². The standard InChI is InChI=1S/C12H7ClFN3O3/c13-11-3-1-2-9(15-11)12(18)16-10-6-7(17(19)20)4-5-8(10)14/h1-6H,(H,16,18). The summed E-state index contributed by atoms with van der Waals surface area (Å²) in [5.41, 5.74) is -0.657. The monoisotopic (exact) mass is 295 g/mol. The summed E-state index contributed by atoms with van der Waals surface area (Å²) in [6, 6.07) is 7.20. The van der Waals surface area contributed by atoms with Crippen molar-refractivity contribution in [2.24, 2.45) is 0 Å². The molecule has 0 fully saturated rings. The molecule has 6 nitrogen and oxygen atoms in total. The number of carbonyl (C=O) groups excluding carboxylic acids is 1. The van der Waals surface area contributed by atoms with Gasteiger partial charge in [0.2, 0.25) is 0 Å². The van der Waals surface area contributed by atoms with Gasteiger partial charge in [0.1, 0.15) is 16.7 Å². The highest BCUT2D eigenvalue weighted by molar-refractivity contribution is 6.29. The SMILES string of the molecule is O=C(Nc1cc([N+](=O)[O-])ccc1F)c1cccc(Cl)n1. The second-order valence-electron chi connectivity index (χ2n) is 3.72. The van der Waals surface area contributed by atoms with Crippen LogP contribution in [-0.2, 0) is 0 Å². The van der Waals surface area contributed by atoms with Crippen molar-refractivity contribution in [3.05, 3.63) is 63.2 Å². The van der Waals surface area contributed by atoms with Gasteiger partial charge in [0, 0.05) is 12.1 Å². The van der Waals surface area contributed by atoms with Crippen LogP contribution < -0.4 is 5.32 Å². The predicted octanol–water partition coefficient (Wildman–Crippen LogP) is 3.03. The fourth-order valence-electron chi connectivity index (χ4n) is 1.44. The van der Waals surface area contributed by atoms with E-state index in [9.17, 15) is 19.3 Å². The van der Waals surface area contributed by atoms with Crippen LogP contribution in [0.4, 0.5) is 15.8 Å². The summed E-state index contributed by atoms with van der Waals surface area (Å²) < 4.78 is 13.5. The number of hydrogen-bond donors (Lipinski definition) is 1. The van der Waals surface area contributed by atoms with E-state index in [1.54, 1.807) is 0 Å². The molecule has 1 N–H and O–H groups in total. The lowest BCUT2D eigenvalue weighted by molar-refractivity contribution is -0.384. The van der Waals surface area contributed by atoms with Gasteiger partial charge in [-0.05, 0) is 18.2 Å². The number of carbonyl (C=O) groups is 1. The van der Waals surface area contributed by atoms with Crippen LogP contribution in [0.15, 0.2) is 36.4 Å². The van der Waals surface area contributed by atoms with Crippen LogP contribution in [0.2, 0.25) is 5.15 Å². The first-order valence-corrected chi connectivity index (χ1v) is 5.73. The van der Waals surface area contributed by atoms with E-state index >= 15 is 0 Å². The summed E-state index contributed by atoms with van der Waals surface area (Å²) in [4.78, 5) is 25.5. The maximum Gasteiger partial charge on any atom is 0.274 e. The number of pyridine rings is 1. The first-order valence-electron chi connectivity index (χ1n) is 5.35. The summed E-state index contributed by atoms with van der Waals surface area (Å²) >= 11 is 5.64. The molecule has 8 heteroatoms. The Balaban J connectivity index is 2.27. The van der Waals surface area contributed by atoms with Crippen molar-refractivity contribution in [3.8, 4) is 0 Å². The molecule has 0 aliphatic rings. The van der Waals surface area contributed by atoms with E-state index in [2.05, 4.69) is 10.3 Å². The number of nitro groups is 1. The van der Waals surface area contributed by atoms with E-state index in [4.69, 9.17) is 11.6 Å². The molecule has 0 unspecified atom stereocenters. The molecular formula is C12H7ClFN3O3. The highest BCUT2D eigenvalue weighted by Crippen LogP contribution is 2.21. The van der Waals surface area contributed by atoms with E-state index < -0.39 is 16.6 Å². The number of benzene rings is 1. The average molecular weight is 296 g/mol. The van der Waals surface area contributed by atoms with Crippen LogP contribution in [0.25, 0.3) is 0 Å². The molecule has 1 amide bonds. The molecule has 102 valence electrons. The number of non-ortho nitro benzene ring substituents is 1. The van der Waals surface area contributed by atoms with Gasteiger partial charge in [0.15, 0.2) is 0 Å². The Morgan fingerprint density at radius 1 is 1.35 bits per heavy atom. The lowest BCUT2D eigenvalue weighted by atomic mass is 10.2. The maximum absolute atomic E-state index is 13.5. The molecular weight excluding hydrogens is 289 g/mol. The maximum atomic E-state index is 13.5. The Morgan fingerprint density at radius 3 is 2.75 bits per heavy atom. The Kier molecular flexibility index (Phi) is 3.90. The third-order valence-corrected chi connectivity index (χ3v) is 2.57. The Labute approximate surface area is 117 Å². The molecule has 0 saturated carbocycles. The van der Waals surface area contributed by atoms with Crippen LogP contribution in [0.1, 0.15) is 10.5 Å². The van der Waals surface area contributed by atoms with E-state index in [0.29, 0.717) is 0 Å². The molecule has 2 aromatic rings. The van der Waals surface area contributed by atoms with E-state index in [1.807, 2.05) is 0 Å². The molecule has 1 aromatic carbocycles. The molecule has 0 bridgehead atoms. The minimum Gasteiger partial charge on any atom is -0.318 e. The van der Waals surface area contributed by atoms with Crippen molar-refractivity contribution in [1.82, 2.24) is 4.98 Å². The Bertz CT molecular complexity index is 693.